The van der Waals surface area contributed by atoms with E-state index in [1.54, 1.807) is 6.20 Å². The van der Waals surface area contributed by atoms with E-state index in [-0.39, 0.29) is 24.7 Å². The lowest BCUT2D eigenvalue weighted by Gasteiger charge is -2.38. The molecule has 2 aromatic heterocycles. The lowest BCUT2D eigenvalue weighted by molar-refractivity contribution is -0.137. The first-order valence-corrected chi connectivity index (χ1v) is 12.9. The summed E-state index contributed by atoms with van der Waals surface area (Å²) in [6.45, 7) is 10.7. The Morgan fingerprint density at radius 1 is 1.20 bits per heavy atom. The second-order valence-corrected chi connectivity index (χ2v) is 11.9. The number of hydrogen-bond acceptors (Lipinski definition) is 5. The average molecular weight is 482 g/mol. The molecule has 0 aliphatic heterocycles. The minimum absolute atomic E-state index is 0.00749. The minimum Gasteiger partial charge on any atom is -0.481 e. The van der Waals surface area contributed by atoms with Gasteiger partial charge in [-0.25, -0.2) is 0 Å². The molecule has 1 atom stereocenters. The molecular formula is C28H39N3O4. The largest absolute Gasteiger partial charge is 0.481 e. The van der Waals surface area contributed by atoms with Crippen molar-refractivity contribution in [3.05, 3.63) is 40.5 Å². The Morgan fingerprint density at radius 3 is 2.51 bits per heavy atom. The van der Waals surface area contributed by atoms with E-state index in [0.29, 0.717) is 35.3 Å². The Hall–Kier alpha value is -2.70. The zero-order chi connectivity index (χ0) is 25.3. The van der Waals surface area contributed by atoms with Gasteiger partial charge in [0, 0.05) is 35.9 Å². The molecule has 0 bridgehead atoms. The van der Waals surface area contributed by atoms with Crippen molar-refractivity contribution < 1.29 is 19.2 Å². The summed E-state index contributed by atoms with van der Waals surface area (Å²) in [7, 11) is 0. The molecule has 2 aromatic rings. The predicted molar refractivity (Wildman–Crippen MR) is 135 cm³/mol. The van der Waals surface area contributed by atoms with Crippen LogP contribution in [-0.4, -0.2) is 27.1 Å². The third kappa shape index (κ3) is 6.50. The van der Waals surface area contributed by atoms with Gasteiger partial charge in [0.15, 0.2) is 0 Å². The highest BCUT2D eigenvalue weighted by atomic mass is 16.5. The Kier molecular flexibility index (Phi) is 7.34. The third-order valence-corrected chi connectivity index (χ3v) is 7.32. The van der Waals surface area contributed by atoms with Crippen LogP contribution < -0.4 is 5.32 Å². The number of nitrogens with zero attached hydrogens (tertiary/aromatic N) is 2. The van der Waals surface area contributed by atoms with Crippen molar-refractivity contribution in [2.45, 2.75) is 104 Å². The molecule has 2 heterocycles. The van der Waals surface area contributed by atoms with Crippen molar-refractivity contribution in [1.29, 1.82) is 0 Å². The Balaban J connectivity index is 1.51. The van der Waals surface area contributed by atoms with Crippen LogP contribution in [0.5, 0.6) is 0 Å². The Labute approximate surface area is 208 Å². The Morgan fingerprint density at radius 2 is 1.91 bits per heavy atom. The molecule has 2 aliphatic carbocycles. The zero-order valence-electron chi connectivity index (χ0n) is 21.7. The number of aliphatic carboxylic acids is 1. The molecule has 0 unspecified atom stereocenters. The van der Waals surface area contributed by atoms with Gasteiger partial charge in [-0.2, -0.15) is 0 Å². The fourth-order valence-corrected chi connectivity index (χ4v) is 5.56. The highest BCUT2D eigenvalue weighted by molar-refractivity contribution is 5.91. The number of anilines is 1. The molecule has 1 amide bonds. The summed E-state index contributed by atoms with van der Waals surface area (Å²) in [6.07, 6.45) is 7.84. The van der Waals surface area contributed by atoms with Crippen LogP contribution in [0.25, 0.3) is 0 Å². The summed E-state index contributed by atoms with van der Waals surface area (Å²) in [5, 5.41) is 16.8. The first-order chi connectivity index (χ1) is 16.5. The number of nitrogens with one attached hydrogen (secondary N) is 1. The van der Waals surface area contributed by atoms with E-state index in [2.05, 4.69) is 36.2 Å². The molecule has 0 aromatic carbocycles. The van der Waals surface area contributed by atoms with Gasteiger partial charge in [0.2, 0.25) is 5.91 Å². The summed E-state index contributed by atoms with van der Waals surface area (Å²) >= 11 is 0. The van der Waals surface area contributed by atoms with Gasteiger partial charge in [0.05, 0.1) is 17.6 Å². The minimum atomic E-state index is -0.866. The van der Waals surface area contributed by atoms with Crippen LogP contribution in [0.1, 0.15) is 118 Å². The summed E-state index contributed by atoms with van der Waals surface area (Å²) in [6, 6.07) is 1.93. The van der Waals surface area contributed by atoms with Crippen LogP contribution in [0.3, 0.4) is 0 Å². The average Bonchev–Trinajstić information content (AvgIpc) is 3.47. The van der Waals surface area contributed by atoms with Crippen LogP contribution in [0.2, 0.25) is 0 Å². The number of pyridine rings is 1. The van der Waals surface area contributed by atoms with Crippen molar-refractivity contribution in [2.75, 3.05) is 5.32 Å². The van der Waals surface area contributed by atoms with Gasteiger partial charge in [-0.1, -0.05) is 25.9 Å². The lowest BCUT2D eigenvalue weighted by atomic mass is 9.66. The van der Waals surface area contributed by atoms with E-state index in [0.717, 1.165) is 48.4 Å². The molecule has 0 saturated heterocycles. The number of rotatable bonds is 10. The molecular weight excluding hydrogens is 442 g/mol. The van der Waals surface area contributed by atoms with E-state index < -0.39 is 5.97 Å². The van der Waals surface area contributed by atoms with Gasteiger partial charge in [0.1, 0.15) is 5.76 Å². The van der Waals surface area contributed by atoms with Crippen LogP contribution in [0, 0.1) is 25.2 Å². The summed E-state index contributed by atoms with van der Waals surface area (Å²) < 4.78 is 5.96. The van der Waals surface area contributed by atoms with Gasteiger partial charge in [0.25, 0.3) is 0 Å². The van der Waals surface area contributed by atoms with Crippen LogP contribution in [-0.2, 0) is 9.59 Å². The number of carbonyl (C=O) groups is 2. The molecule has 2 fully saturated rings. The molecule has 35 heavy (non-hydrogen) atoms. The van der Waals surface area contributed by atoms with Crippen molar-refractivity contribution in [1.82, 2.24) is 10.1 Å². The SMILES string of the molecule is Cc1cc(C)c(NC(=O)C[C@H](CCC(=O)O)c2noc([C@H]3C[C@@H](CC(C)(C)C)C3)c2C2CC2)cn1. The van der Waals surface area contributed by atoms with Crippen LogP contribution >= 0.6 is 0 Å². The number of aryl methyl sites for hydroxylation is 2. The number of amides is 1. The fraction of sp³-hybridized carbons (Fsp3) is 0.643. The molecule has 4 rings (SSSR count). The summed E-state index contributed by atoms with van der Waals surface area (Å²) in [5.41, 5.74) is 4.81. The summed E-state index contributed by atoms with van der Waals surface area (Å²) in [4.78, 5) is 28.7. The third-order valence-electron chi connectivity index (χ3n) is 7.32. The highest BCUT2D eigenvalue weighted by Crippen LogP contribution is 2.53. The highest BCUT2D eigenvalue weighted by Gasteiger charge is 2.42. The van der Waals surface area contributed by atoms with Gasteiger partial charge < -0.3 is 14.9 Å². The van der Waals surface area contributed by atoms with E-state index >= 15 is 0 Å². The number of carboxylic acids is 1. The molecule has 2 N–H and O–H groups in total. The van der Waals surface area contributed by atoms with Gasteiger partial charge in [-0.15, -0.1) is 0 Å². The second kappa shape index (κ2) is 10.1. The van der Waals surface area contributed by atoms with E-state index in [1.165, 1.54) is 12.0 Å². The monoisotopic (exact) mass is 481 g/mol. The maximum Gasteiger partial charge on any atom is 0.303 e. The van der Waals surface area contributed by atoms with Crippen molar-refractivity contribution >= 4 is 17.6 Å². The number of carboxylic acid groups (broad SMARTS) is 1. The quantitative estimate of drug-likeness (QED) is 0.403. The van der Waals surface area contributed by atoms with Crippen LogP contribution in [0.15, 0.2) is 16.8 Å². The fourth-order valence-electron chi connectivity index (χ4n) is 5.56. The zero-order valence-corrected chi connectivity index (χ0v) is 21.7. The molecule has 190 valence electrons. The molecule has 2 saturated carbocycles. The van der Waals surface area contributed by atoms with E-state index in [9.17, 15) is 14.7 Å². The topological polar surface area (TPSA) is 105 Å². The van der Waals surface area contributed by atoms with Gasteiger partial charge in [-0.05, 0) is 81.3 Å². The molecule has 7 heteroatoms. The second-order valence-electron chi connectivity index (χ2n) is 11.9. The first-order valence-electron chi connectivity index (χ1n) is 12.9. The predicted octanol–water partition coefficient (Wildman–Crippen LogP) is 6.47. The van der Waals surface area contributed by atoms with E-state index in [4.69, 9.17) is 4.52 Å². The molecule has 0 spiro atoms. The number of carbonyl (C=O) groups excluding carboxylic acids is 1. The lowest BCUT2D eigenvalue weighted by Crippen LogP contribution is -2.26. The van der Waals surface area contributed by atoms with Crippen molar-refractivity contribution in [2.24, 2.45) is 11.3 Å². The van der Waals surface area contributed by atoms with E-state index in [1.807, 2.05) is 19.9 Å². The molecule has 7 nitrogen and oxygen atoms in total. The standard InChI is InChI=1S/C28H39N3O4/c1-16-10-17(2)29-15-22(16)30-23(32)13-20(8-9-24(33)34)26-25(19-6-7-19)27(35-31-26)21-11-18(12-21)14-28(3,4)5/h10,15,18-21H,6-9,11-14H2,1-5H3,(H,30,32)(H,33,34)/t18-,20-,21+/m0/s1. The first kappa shape index (κ1) is 25.4. The maximum atomic E-state index is 13.0. The van der Waals surface area contributed by atoms with Crippen molar-refractivity contribution in [3.63, 3.8) is 0 Å². The smallest absolute Gasteiger partial charge is 0.303 e. The summed E-state index contributed by atoms with van der Waals surface area (Å²) in [5.74, 6) is 1.20. The number of hydrogen-bond donors (Lipinski definition) is 2. The molecule has 0 radical (unpaired) electrons. The van der Waals surface area contributed by atoms with Gasteiger partial charge >= 0.3 is 5.97 Å². The molecule has 2 aliphatic rings. The van der Waals surface area contributed by atoms with Crippen molar-refractivity contribution in [3.8, 4) is 0 Å². The normalized spacial score (nSPS) is 20.8. The Bertz CT molecular complexity index is 1070. The van der Waals surface area contributed by atoms with Gasteiger partial charge in [-0.3, -0.25) is 14.6 Å². The number of aromatic nitrogens is 2. The maximum absolute atomic E-state index is 13.0. The van der Waals surface area contributed by atoms with Crippen LogP contribution in [0.4, 0.5) is 5.69 Å².